The van der Waals surface area contributed by atoms with Crippen molar-refractivity contribution in [2.24, 2.45) is 0 Å². The summed E-state index contributed by atoms with van der Waals surface area (Å²) in [6.45, 7) is 5.62. The van der Waals surface area contributed by atoms with Gasteiger partial charge in [-0.15, -0.1) is 12.4 Å². The van der Waals surface area contributed by atoms with Crippen LogP contribution in [0.1, 0.15) is 6.42 Å². The Balaban J connectivity index is 0.00000256. The molecule has 5 nitrogen and oxygen atoms in total. The van der Waals surface area contributed by atoms with Gasteiger partial charge in [0.15, 0.2) is 0 Å². The summed E-state index contributed by atoms with van der Waals surface area (Å²) in [5.41, 5.74) is 2.08. The number of hydrogen-bond acceptors (Lipinski definition) is 4. The minimum Gasteiger partial charge on any atom is -0.496 e. The highest BCUT2D eigenvalue weighted by atomic mass is 35.5. The smallest absolute Gasteiger partial charge is 0.251 e. The molecule has 1 saturated heterocycles. The van der Waals surface area contributed by atoms with Gasteiger partial charge in [0, 0.05) is 44.2 Å². The van der Waals surface area contributed by atoms with Gasteiger partial charge in [0.05, 0.1) is 23.3 Å². The molecule has 160 valence electrons. The summed E-state index contributed by atoms with van der Waals surface area (Å²) in [6.07, 6.45) is 0.933. The summed E-state index contributed by atoms with van der Waals surface area (Å²) in [6, 6.07) is 17.4. The van der Waals surface area contributed by atoms with Crippen molar-refractivity contribution in [3.63, 3.8) is 0 Å². The predicted molar refractivity (Wildman–Crippen MR) is 127 cm³/mol. The van der Waals surface area contributed by atoms with Crippen LogP contribution in [0.2, 0.25) is 5.02 Å². The monoisotopic (exact) mass is 447 g/mol. The lowest BCUT2D eigenvalue weighted by atomic mass is 10.2. The molecule has 0 amide bonds. The van der Waals surface area contributed by atoms with Crippen LogP contribution in [0.5, 0.6) is 5.75 Å². The van der Waals surface area contributed by atoms with Gasteiger partial charge in [-0.2, -0.15) is 0 Å². The minimum atomic E-state index is 0. The molecular formula is C23H27Cl2N3O2. The summed E-state index contributed by atoms with van der Waals surface area (Å²) >= 11 is 6.33. The summed E-state index contributed by atoms with van der Waals surface area (Å²) in [5, 5.41) is 1.79. The Hall–Kier alpha value is -2.21. The van der Waals surface area contributed by atoms with Crippen LogP contribution in [-0.2, 0) is 6.54 Å². The number of methoxy groups -OCH3 is 1. The third-order valence-corrected chi connectivity index (χ3v) is 5.95. The number of aryl methyl sites for hydroxylation is 1. The Morgan fingerprint density at radius 1 is 0.933 bits per heavy atom. The average Bonchev–Trinajstić information content (AvgIpc) is 2.75. The van der Waals surface area contributed by atoms with E-state index in [4.69, 9.17) is 16.3 Å². The fourth-order valence-electron chi connectivity index (χ4n) is 4.08. The van der Waals surface area contributed by atoms with E-state index in [1.807, 2.05) is 47.0 Å². The van der Waals surface area contributed by atoms with Gasteiger partial charge in [-0.05, 0) is 43.3 Å². The van der Waals surface area contributed by atoms with Gasteiger partial charge in [0.25, 0.3) is 5.56 Å². The van der Waals surface area contributed by atoms with Crippen LogP contribution in [0.15, 0.2) is 59.4 Å². The zero-order valence-corrected chi connectivity index (χ0v) is 18.7. The fourth-order valence-corrected chi connectivity index (χ4v) is 4.34. The number of benzene rings is 2. The van der Waals surface area contributed by atoms with Crippen molar-refractivity contribution in [1.82, 2.24) is 9.47 Å². The van der Waals surface area contributed by atoms with Crippen molar-refractivity contribution in [2.45, 2.75) is 13.0 Å². The average molecular weight is 448 g/mol. The zero-order chi connectivity index (χ0) is 20.2. The number of fused-ring (bicyclic) bond motifs is 1. The van der Waals surface area contributed by atoms with Crippen molar-refractivity contribution in [3.8, 4) is 5.75 Å². The van der Waals surface area contributed by atoms with Crippen molar-refractivity contribution < 1.29 is 4.74 Å². The van der Waals surface area contributed by atoms with E-state index in [1.165, 1.54) is 0 Å². The first kappa shape index (κ1) is 22.5. The summed E-state index contributed by atoms with van der Waals surface area (Å²) in [4.78, 5) is 17.2. The second kappa shape index (κ2) is 10.2. The number of hydrogen-bond donors (Lipinski definition) is 0. The van der Waals surface area contributed by atoms with Crippen LogP contribution in [0.3, 0.4) is 0 Å². The van der Waals surface area contributed by atoms with E-state index in [0.717, 1.165) is 66.5 Å². The highest BCUT2D eigenvalue weighted by Gasteiger charge is 2.18. The topological polar surface area (TPSA) is 37.7 Å². The number of piperazine rings is 1. The van der Waals surface area contributed by atoms with Crippen molar-refractivity contribution in [2.75, 3.05) is 44.7 Å². The van der Waals surface area contributed by atoms with Crippen LogP contribution in [0.4, 0.5) is 5.69 Å². The highest BCUT2D eigenvalue weighted by molar-refractivity contribution is 6.33. The van der Waals surface area contributed by atoms with Crippen LogP contribution >= 0.6 is 24.0 Å². The lowest BCUT2D eigenvalue weighted by molar-refractivity contribution is 0.250. The number of aromatic nitrogens is 1. The molecule has 2 aromatic carbocycles. The first-order valence-electron chi connectivity index (χ1n) is 10.1. The van der Waals surface area contributed by atoms with E-state index >= 15 is 0 Å². The van der Waals surface area contributed by atoms with Gasteiger partial charge in [0.2, 0.25) is 0 Å². The van der Waals surface area contributed by atoms with E-state index in [1.54, 1.807) is 13.2 Å². The van der Waals surface area contributed by atoms with E-state index < -0.39 is 0 Å². The van der Waals surface area contributed by atoms with Crippen LogP contribution < -0.4 is 15.2 Å². The summed E-state index contributed by atoms with van der Waals surface area (Å²) < 4.78 is 7.30. The van der Waals surface area contributed by atoms with Crippen LogP contribution in [0, 0.1) is 0 Å². The molecular weight excluding hydrogens is 421 g/mol. The molecule has 3 aromatic rings. The highest BCUT2D eigenvalue weighted by Crippen LogP contribution is 2.26. The molecule has 0 radical (unpaired) electrons. The van der Waals surface area contributed by atoms with Gasteiger partial charge < -0.3 is 14.2 Å². The molecule has 0 atom stereocenters. The second-order valence-electron chi connectivity index (χ2n) is 7.35. The lowest BCUT2D eigenvalue weighted by Crippen LogP contribution is -2.46. The van der Waals surface area contributed by atoms with E-state index in [0.29, 0.717) is 6.54 Å². The number of para-hydroxylation sites is 1. The molecule has 0 saturated carbocycles. The fraction of sp³-hybridized carbons (Fsp3) is 0.348. The van der Waals surface area contributed by atoms with Gasteiger partial charge in [0.1, 0.15) is 5.75 Å². The Morgan fingerprint density at radius 3 is 2.43 bits per heavy atom. The predicted octanol–water partition coefficient (Wildman–Crippen LogP) is 4.30. The maximum absolute atomic E-state index is 12.4. The molecule has 0 bridgehead atoms. The van der Waals surface area contributed by atoms with Gasteiger partial charge in [-0.25, -0.2) is 0 Å². The maximum Gasteiger partial charge on any atom is 0.251 e. The number of ether oxygens (including phenoxy) is 1. The number of halogens is 2. The SMILES string of the molecule is COc1cccc2c1ccc(=O)n2CCCN1CCN(c2ccccc2Cl)CC1.Cl. The molecule has 2 heterocycles. The lowest BCUT2D eigenvalue weighted by Gasteiger charge is -2.36. The molecule has 0 aliphatic carbocycles. The number of anilines is 1. The maximum atomic E-state index is 12.4. The van der Waals surface area contributed by atoms with Gasteiger partial charge in [-0.1, -0.05) is 29.8 Å². The first-order valence-corrected chi connectivity index (χ1v) is 10.4. The van der Waals surface area contributed by atoms with Crippen LogP contribution in [0.25, 0.3) is 10.9 Å². The largest absolute Gasteiger partial charge is 0.496 e. The Labute approximate surface area is 188 Å². The van der Waals surface area contributed by atoms with E-state index in [9.17, 15) is 4.79 Å². The number of pyridine rings is 1. The minimum absolute atomic E-state index is 0. The standard InChI is InChI=1S/C23H26ClN3O2.ClH/c1-29-22-9-4-8-20-18(22)10-11-23(28)27(20)13-5-12-25-14-16-26(17-15-25)21-7-3-2-6-19(21)24;/h2-4,6-11H,5,12-17H2,1H3;1H. The molecule has 0 N–H and O–H groups in total. The Bertz CT molecular complexity index is 1050. The summed E-state index contributed by atoms with van der Waals surface area (Å²) in [5.74, 6) is 0.798. The molecule has 1 aliphatic rings. The second-order valence-corrected chi connectivity index (χ2v) is 7.76. The summed E-state index contributed by atoms with van der Waals surface area (Å²) in [7, 11) is 1.66. The molecule has 0 unspecified atom stereocenters. The van der Waals surface area contributed by atoms with Crippen molar-refractivity contribution >= 4 is 40.6 Å². The molecule has 4 rings (SSSR count). The third-order valence-electron chi connectivity index (χ3n) is 5.63. The molecule has 7 heteroatoms. The van der Waals surface area contributed by atoms with Gasteiger partial charge in [-0.3, -0.25) is 9.69 Å². The zero-order valence-electron chi connectivity index (χ0n) is 17.1. The van der Waals surface area contributed by atoms with Crippen LogP contribution in [-0.4, -0.2) is 49.3 Å². The molecule has 1 aromatic heterocycles. The molecule has 30 heavy (non-hydrogen) atoms. The molecule has 0 spiro atoms. The Kier molecular flexibility index (Phi) is 7.64. The van der Waals surface area contributed by atoms with E-state index in [2.05, 4.69) is 15.9 Å². The quantitative estimate of drug-likeness (QED) is 0.564. The molecule has 1 aliphatic heterocycles. The van der Waals surface area contributed by atoms with Gasteiger partial charge >= 0.3 is 0 Å². The number of nitrogens with zero attached hydrogens (tertiary/aromatic N) is 3. The molecule has 1 fully saturated rings. The van der Waals surface area contributed by atoms with E-state index in [-0.39, 0.29) is 18.0 Å². The third kappa shape index (κ3) is 4.75. The number of rotatable bonds is 6. The first-order chi connectivity index (χ1) is 14.2. The van der Waals surface area contributed by atoms with Crippen molar-refractivity contribution in [3.05, 3.63) is 70.0 Å². The van der Waals surface area contributed by atoms with Crippen molar-refractivity contribution in [1.29, 1.82) is 0 Å². The normalized spacial score (nSPS) is 14.5. The Morgan fingerprint density at radius 2 is 1.70 bits per heavy atom.